The largest absolute Gasteiger partial charge is 0.463 e. The van der Waals surface area contributed by atoms with Crippen LogP contribution in [0, 0.1) is 5.92 Å². The zero-order chi connectivity index (χ0) is 22.7. The first kappa shape index (κ1) is 22.7. The van der Waals surface area contributed by atoms with E-state index in [2.05, 4.69) is 23.8 Å². The molecule has 1 aromatic rings. The summed E-state index contributed by atoms with van der Waals surface area (Å²) in [5.41, 5.74) is 4.39. The molecule has 0 spiro atoms. The Balaban J connectivity index is 1.68. The maximum Gasteiger partial charge on any atom is 0.357 e. The van der Waals surface area contributed by atoms with Gasteiger partial charge in [-0.05, 0) is 80.2 Å². The summed E-state index contributed by atoms with van der Waals surface area (Å²) >= 11 is 6.22. The molecule has 1 saturated carbocycles. The number of ether oxygens (including phenoxy) is 2. The second-order valence-electron chi connectivity index (χ2n) is 8.66. The molecule has 1 aliphatic heterocycles. The lowest BCUT2D eigenvalue weighted by Crippen LogP contribution is -2.42. The van der Waals surface area contributed by atoms with Crippen LogP contribution in [0.4, 0.5) is 0 Å². The molecule has 2 aliphatic carbocycles. The van der Waals surface area contributed by atoms with Gasteiger partial charge in [-0.3, -0.25) is 0 Å². The van der Waals surface area contributed by atoms with E-state index in [1.807, 2.05) is 12.1 Å². The first-order valence-corrected chi connectivity index (χ1v) is 11.9. The number of nitrogens with zero attached hydrogens (tertiary/aromatic N) is 1. The van der Waals surface area contributed by atoms with Crippen LogP contribution in [0.3, 0.4) is 0 Å². The lowest BCUT2D eigenvalue weighted by molar-refractivity contribution is -0.161. The van der Waals surface area contributed by atoms with Crippen LogP contribution in [0.1, 0.15) is 57.9 Å². The van der Waals surface area contributed by atoms with E-state index in [9.17, 15) is 4.79 Å². The van der Waals surface area contributed by atoms with Crippen molar-refractivity contribution in [3.8, 4) is 0 Å². The third kappa shape index (κ3) is 4.23. The van der Waals surface area contributed by atoms with Crippen molar-refractivity contribution in [2.24, 2.45) is 10.9 Å². The van der Waals surface area contributed by atoms with Crippen molar-refractivity contribution in [3.63, 3.8) is 0 Å². The normalized spacial score (nSPS) is 26.6. The van der Waals surface area contributed by atoms with E-state index in [1.54, 1.807) is 25.1 Å². The smallest absolute Gasteiger partial charge is 0.357 e. The predicted molar refractivity (Wildman–Crippen MR) is 127 cm³/mol. The van der Waals surface area contributed by atoms with Crippen molar-refractivity contribution < 1.29 is 14.3 Å². The molecule has 1 N–H and O–H groups in total. The van der Waals surface area contributed by atoms with Gasteiger partial charge in [0.05, 0.1) is 13.2 Å². The van der Waals surface area contributed by atoms with Gasteiger partial charge in [0, 0.05) is 16.3 Å². The summed E-state index contributed by atoms with van der Waals surface area (Å²) in [6.45, 7) is 8.48. The lowest BCUT2D eigenvalue weighted by atomic mass is 9.94. The number of rotatable bonds is 6. The number of carbonyl (C=O) groups is 1. The number of benzene rings is 1. The summed E-state index contributed by atoms with van der Waals surface area (Å²) in [5.74, 6) is 0.0412. The van der Waals surface area contributed by atoms with E-state index >= 15 is 0 Å². The molecule has 0 saturated heterocycles. The van der Waals surface area contributed by atoms with Crippen molar-refractivity contribution in [1.82, 2.24) is 5.32 Å². The van der Waals surface area contributed by atoms with Gasteiger partial charge in [-0.2, -0.15) is 0 Å². The van der Waals surface area contributed by atoms with Gasteiger partial charge in [0.15, 0.2) is 0 Å². The van der Waals surface area contributed by atoms with Gasteiger partial charge in [0.25, 0.3) is 11.6 Å². The molecule has 2 unspecified atom stereocenters. The second kappa shape index (κ2) is 9.53. The van der Waals surface area contributed by atoms with Crippen LogP contribution in [-0.4, -0.2) is 25.1 Å². The number of hydrogen-bond acceptors (Lipinski definition) is 5. The molecule has 1 fully saturated rings. The number of hydrogen-bond donors (Lipinski definition) is 1. The number of amidine groups is 1. The molecule has 6 heteroatoms. The molecule has 0 radical (unpaired) electrons. The highest BCUT2D eigenvalue weighted by atomic mass is 35.5. The fraction of sp³-hybridized carbons (Fsp3) is 0.462. The number of nitrogens with one attached hydrogen (secondary N) is 1. The summed E-state index contributed by atoms with van der Waals surface area (Å²) in [4.78, 5) is 17.7. The zero-order valence-electron chi connectivity index (χ0n) is 18.9. The van der Waals surface area contributed by atoms with Gasteiger partial charge in [-0.25, -0.2) is 9.79 Å². The Morgan fingerprint density at radius 3 is 2.91 bits per heavy atom. The van der Waals surface area contributed by atoms with Crippen LogP contribution in [-0.2, 0) is 19.9 Å². The molecule has 170 valence electrons. The fourth-order valence-corrected chi connectivity index (χ4v) is 5.15. The van der Waals surface area contributed by atoms with E-state index in [0.717, 1.165) is 31.4 Å². The highest BCUT2D eigenvalue weighted by Gasteiger charge is 2.49. The molecular formula is C26H31ClN2O3. The molecule has 0 amide bonds. The van der Waals surface area contributed by atoms with Gasteiger partial charge in [-0.15, -0.1) is 0 Å². The minimum atomic E-state index is -1.34. The average molecular weight is 455 g/mol. The first-order valence-electron chi connectivity index (χ1n) is 11.5. The van der Waals surface area contributed by atoms with Crippen molar-refractivity contribution in [2.75, 3.05) is 13.2 Å². The molecule has 2 atom stereocenters. The molecular weight excluding hydrogens is 424 g/mol. The van der Waals surface area contributed by atoms with Crippen LogP contribution in [0.2, 0.25) is 5.02 Å². The van der Waals surface area contributed by atoms with Gasteiger partial charge in [0.1, 0.15) is 0 Å². The SMILES string of the molecule is C=CC1=C(/C(NC2=NCC(C(=O)OCC)(c3cccc(Cl)c3)O2)=C2/CCCC2C)CCC1. The van der Waals surface area contributed by atoms with Gasteiger partial charge in [-0.1, -0.05) is 43.3 Å². The van der Waals surface area contributed by atoms with Crippen molar-refractivity contribution in [3.05, 3.63) is 69.9 Å². The monoisotopic (exact) mass is 454 g/mol. The number of halogens is 1. The van der Waals surface area contributed by atoms with Crippen molar-refractivity contribution >= 4 is 23.6 Å². The molecule has 1 heterocycles. The highest BCUT2D eigenvalue weighted by molar-refractivity contribution is 6.30. The summed E-state index contributed by atoms with van der Waals surface area (Å²) in [5, 5.41) is 4.02. The van der Waals surface area contributed by atoms with Crippen LogP contribution in [0.5, 0.6) is 0 Å². The Morgan fingerprint density at radius 2 is 2.22 bits per heavy atom. The quantitative estimate of drug-likeness (QED) is 0.550. The molecule has 5 nitrogen and oxygen atoms in total. The lowest BCUT2D eigenvalue weighted by Gasteiger charge is -2.27. The molecule has 32 heavy (non-hydrogen) atoms. The minimum Gasteiger partial charge on any atom is -0.463 e. The Kier molecular flexibility index (Phi) is 6.75. The highest BCUT2D eigenvalue weighted by Crippen LogP contribution is 2.40. The second-order valence-corrected chi connectivity index (χ2v) is 9.10. The number of carbonyl (C=O) groups excluding carboxylic acids is 1. The van der Waals surface area contributed by atoms with E-state index in [0.29, 0.717) is 22.5 Å². The van der Waals surface area contributed by atoms with Crippen LogP contribution >= 0.6 is 11.6 Å². The summed E-state index contributed by atoms with van der Waals surface area (Å²) in [7, 11) is 0. The molecule has 4 rings (SSSR count). The molecule has 0 bridgehead atoms. The van der Waals surface area contributed by atoms with Crippen molar-refractivity contribution in [2.45, 2.75) is 58.0 Å². The van der Waals surface area contributed by atoms with Gasteiger partial charge < -0.3 is 14.8 Å². The van der Waals surface area contributed by atoms with E-state index in [4.69, 9.17) is 21.1 Å². The minimum absolute atomic E-state index is 0.139. The molecule has 1 aromatic carbocycles. The maximum absolute atomic E-state index is 13.0. The number of aliphatic imine (C=N–C) groups is 1. The Hall–Kier alpha value is -2.53. The summed E-state index contributed by atoms with van der Waals surface area (Å²) in [6, 6.07) is 7.49. The summed E-state index contributed by atoms with van der Waals surface area (Å²) in [6.07, 6.45) is 8.55. The molecule has 0 aromatic heterocycles. The zero-order valence-corrected chi connectivity index (χ0v) is 19.6. The van der Waals surface area contributed by atoms with E-state index in [1.165, 1.54) is 29.6 Å². The first-order chi connectivity index (χ1) is 15.5. The predicted octanol–water partition coefficient (Wildman–Crippen LogP) is 5.81. The Bertz CT molecular complexity index is 1010. The van der Waals surface area contributed by atoms with Crippen LogP contribution in [0.25, 0.3) is 0 Å². The van der Waals surface area contributed by atoms with Gasteiger partial charge in [0.2, 0.25) is 0 Å². The van der Waals surface area contributed by atoms with Crippen molar-refractivity contribution in [1.29, 1.82) is 0 Å². The van der Waals surface area contributed by atoms with Gasteiger partial charge >= 0.3 is 5.97 Å². The van der Waals surface area contributed by atoms with E-state index < -0.39 is 11.6 Å². The number of esters is 1. The molecule has 3 aliphatic rings. The number of allylic oxidation sites excluding steroid dienone is 4. The maximum atomic E-state index is 13.0. The third-order valence-electron chi connectivity index (χ3n) is 6.65. The summed E-state index contributed by atoms with van der Waals surface area (Å²) < 4.78 is 11.7. The standard InChI is InChI=1S/C26H31ClN2O3/c1-4-18-10-7-14-22(18)23(21-13-6-9-17(21)3)29-25-28-16-26(32-25,24(30)31-5-2)19-11-8-12-20(27)15-19/h4,8,11-12,15,17H,1,5-7,9-10,13-14,16H2,2-3H3,(H,28,29)/b23-21+. The van der Waals surface area contributed by atoms with Crippen LogP contribution in [0.15, 0.2) is 64.3 Å². The van der Waals surface area contributed by atoms with Crippen LogP contribution < -0.4 is 5.32 Å². The Labute approximate surface area is 195 Å². The topological polar surface area (TPSA) is 59.9 Å². The Morgan fingerprint density at radius 1 is 1.38 bits per heavy atom. The van der Waals surface area contributed by atoms with E-state index in [-0.39, 0.29) is 13.2 Å². The average Bonchev–Trinajstić information content (AvgIpc) is 3.52. The fourth-order valence-electron chi connectivity index (χ4n) is 4.96. The third-order valence-corrected chi connectivity index (χ3v) is 6.89.